The number of fused-ring (bicyclic) bond motifs is 1. The summed E-state index contributed by atoms with van der Waals surface area (Å²) in [5.41, 5.74) is -1.08. The molecule has 27 heavy (non-hydrogen) atoms. The topological polar surface area (TPSA) is 75.7 Å². The first kappa shape index (κ1) is 19.8. The molecule has 2 aliphatic heterocycles. The summed E-state index contributed by atoms with van der Waals surface area (Å²) in [6, 6.07) is 5.35. The van der Waals surface area contributed by atoms with Crippen molar-refractivity contribution in [3.05, 3.63) is 35.6 Å². The average Bonchev–Trinajstić information content (AvgIpc) is 3.11. The van der Waals surface area contributed by atoms with E-state index < -0.39 is 47.0 Å². The first-order chi connectivity index (χ1) is 12.9. The van der Waals surface area contributed by atoms with Gasteiger partial charge < -0.3 is 4.74 Å². The van der Waals surface area contributed by atoms with Crippen LogP contribution in [0.2, 0.25) is 0 Å². The Balaban J connectivity index is 2.14. The highest BCUT2D eigenvalue weighted by Crippen LogP contribution is 2.50. The molecule has 0 saturated carbocycles. The molecule has 1 N–H and O–H groups in total. The highest BCUT2D eigenvalue weighted by molar-refractivity contribution is 7.98. The van der Waals surface area contributed by atoms with Gasteiger partial charge in [0.25, 0.3) is 0 Å². The van der Waals surface area contributed by atoms with Gasteiger partial charge in [-0.1, -0.05) is 18.2 Å². The quantitative estimate of drug-likeness (QED) is 0.585. The lowest BCUT2D eigenvalue weighted by Crippen LogP contribution is -2.56. The summed E-state index contributed by atoms with van der Waals surface area (Å²) in [5.74, 6) is -3.04. The van der Waals surface area contributed by atoms with Crippen LogP contribution in [0, 0.1) is 17.7 Å². The van der Waals surface area contributed by atoms with Gasteiger partial charge in [0.2, 0.25) is 11.8 Å². The molecule has 4 atom stereocenters. The van der Waals surface area contributed by atoms with Crippen LogP contribution in [-0.4, -0.2) is 53.9 Å². The number of imide groups is 1. The number of nitrogens with one attached hydrogen (secondary N) is 1. The number of rotatable bonds is 6. The molecule has 0 unspecified atom stereocenters. The molecule has 2 heterocycles. The third-order valence-corrected chi connectivity index (χ3v) is 6.07. The van der Waals surface area contributed by atoms with Crippen LogP contribution in [0.4, 0.5) is 4.39 Å². The maximum absolute atomic E-state index is 14.5. The Morgan fingerprint density at radius 3 is 2.67 bits per heavy atom. The minimum absolute atomic E-state index is 0.154. The molecule has 0 aromatic heterocycles. The van der Waals surface area contributed by atoms with Crippen molar-refractivity contribution in [1.29, 1.82) is 0 Å². The third kappa shape index (κ3) is 3.04. The summed E-state index contributed by atoms with van der Waals surface area (Å²) < 4.78 is 19.8. The molecule has 6 nitrogen and oxygen atoms in total. The lowest BCUT2D eigenvalue weighted by atomic mass is 9.77. The number of likely N-dealkylation sites (tertiary alicyclic amines) is 1. The fourth-order valence-electron chi connectivity index (χ4n) is 4.18. The monoisotopic (exact) mass is 394 g/mol. The number of ether oxygens (including phenoxy) is 1. The van der Waals surface area contributed by atoms with Crippen molar-refractivity contribution < 1.29 is 23.5 Å². The zero-order chi connectivity index (χ0) is 19.8. The van der Waals surface area contributed by atoms with Crippen molar-refractivity contribution in [2.24, 2.45) is 11.8 Å². The molecular formula is C19H23FN2O4S. The number of thioether (sulfide) groups is 1. The van der Waals surface area contributed by atoms with Crippen LogP contribution in [0.25, 0.3) is 0 Å². The molecule has 2 fully saturated rings. The van der Waals surface area contributed by atoms with E-state index in [4.69, 9.17) is 4.74 Å². The largest absolute Gasteiger partial charge is 0.465 e. The Morgan fingerprint density at radius 1 is 1.33 bits per heavy atom. The molecule has 1 aromatic rings. The van der Waals surface area contributed by atoms with Crippen LogP contribution in [0.1, 0.15) is 24.9 Å². The van der Waals surface area contributed by atoms with E-state index in [0.29, 0.717) is 12.2 Å². The summed E-state index contributed by atoms with van der Waals surface area (Å²) in [6.45, 7) is 1.84. The van der Waals surface area contributed by atoms with Crippen LogP contribution < -0.4 is 5.32 Å². The maximum atomic E-state index is 14.5. The fourth-order valence-corrected chi connectivity index (χ4v) is 4.71. The number of benzene rings is 1. The van der Waals surface area contributed by atoms with E-state index in [0.717, 1.165) is 4.90 Å². The Bertz CT molecular complexity index is 774. The number of amides is 2. The summed E-state index contributed by atoms with van der Waals surface area (Å²) in [7, 11) is 1.41. The summed E-state index contributed by atoms with van der Waals surface area (Å²) in [5, 5.41) is 3.17. The van der Waals surface area contributed by atoms with Gasteiger partial charge in [-0.2, -0.15) is 11.8 Å². The molecule has 1 aromatic carbocycles. The third-order valence-electron chi connectivity index (χ3n) is 5.46. The predicted octanol–water partition coefficient (Wildman–Crippen LogP) is 1.76. The van der Waals surface area contributed by atoms with E-state index in [2.05, 4.69) is 5.32 Å². The normalized spacial score (nSPS) is 29.9. The SMILES string of the molecule is CCOC(=O)[C@]1(CCSC)N[C@H](c2ccccc2F)[C@H]2C(=O)N(C)C(=O)[C@H]21. The molecular weight excluding hydrogens is 371 g/mol. The second kappa shape index (κ2) is 7.59. The van der Waals surface area contributed by atoms with Gasteiger partial charge in [0, 0.05) is 18.7 Å². The maximum Gasteiger partial charge on any atom is 0.327 e. The Morgan fingerprint density at radius 2 is 2.04 bits per heavy atom. The summed E-state index contributed by atoms with van der Waals surface area (Å²) >= 11 is 1.53. The van der Waals surface area contributed by atoms with E-state index in [9.17, 15) is 18.8 Å². The number of carbonyl (C=O) groups is 3. The van der Waals surface area contributed by atoms with Gasteiger partial charge in [0.15, 0.2) is 0 Å². The lowest BCUT2D eigenvalue weighted by molar-refractivity contribution is -0.156. The number of esters is 1. The number of carbonyl (C=O) groups excluding carboxylic acids is 3. The molecule has 0 radical (unpaired) electrons. The van der Waals surface area contributed by atoms with Crippen LogP contribution in [0.5, 0.6) is 0 Å². The van der Waals surface area contributed by atoms with Crippen LogP contribution in [0.3, 0.4) is 0 Å². The summed E-state index contributed by atoms with van der Waals surface area (Å²) in [6.07, 6.45) is 2.21. The van der Waals surface area contributed by atoms with Crippen LogP contribution in [0.15, 0.2) is 24.3 Å². The van der Waals surface area contributed by atoms with Crippen molar-refractivity contribution in [2.75, 3.05) is 25.7 Å². The number of halogens is 1. The Hall–Kier alpha value is -1.93. The van der Waals surface area contributed by atoms with Gasteiger partial charge >= 0.3 is 5.97 Å². The molecule has 0 aliphatic carbocycles. The minimum atomic E-state index is -1.35. The molecule has 2 saturated heterocycles. The highest BCUT2D eigenvalue weighted by Gasteiger charge is 2.68. The van der Waals surface area contributed by atoms with E-state index in [1.165, 1.54) is 24.9 Å². The fraction of sp³-hybridized carbons (Fsp3) is 0.526. The first-order valence-electron chi connectivity index (χ1n) is 8.88. The van der Waals surface area contributed by atoms with Gasteiger partial charge in [-0.05, 0) is 31.4 Å². The zero-order valence-corrected chi connectivity index (χ0v) is 16.3. The summed E-state index contributed by atoms with van der Waals surface area (Å²) in [4.78, 5) is 39.7. The van der Waals surface area contributed by atoms with Crippen molar-refractivity contribution >= 4 is 29.5 Å². The van der Waals surface area contributed by atoms with Crippen molar-refractivity contribution in [3.63, 3.8) is 0 Å². The molecule has 3 rings (SSSR count). The lowest BCUT2D eigenvalue weighted by Gasteiger charge is -2.32. The molecule has 0 spiro atoms. The standard InChI is InChI=1S/C19H23FN2O4S/c1-4-26-18(25)19(9-10-27-3)14-13(16(23)22(2)17(14)24)15(21-19)11-7-5-6-8-12(11)20/h5-8,13-15,21H,4,9-10H2,1-3H3/t13-,14-,15+,19+/m0/s1. The number of nitrogens with zero attached hydrogens (tertiary/aromatic N) is 1. The van der Waals surface area contributed by atoms with Gasteiger partial charge in [-0.15, -0.1) is 0 Å². The van der Waals surface area contributed by atoms with Crippen LogP contribution >= 0.6 is 11.8 Å². The average molecular weight is 394 g/mol. The number of hydrogen-bond donors (Lipinski definition) is 1. The van der Waals surface area contributed by atoms with Gasteiger partial charge in [0.1, 0.15) is 11.4 Å². The molecule has 2 aliphatic rings. The molecule has 146 valence electrons. The number of hydrogen-bond acceptors (Lipinski definition) is 6. The highest BCUT2D eigenvalue weighted by atomic mass is 32.2. The Kier molecular flexibility index (Phi) is 5.58. The van der Waals surface area contributed by atoms with E-state index in [1.807, 2.05) is 6.26 Å². The van der Waals surface area contributed by atoms with Gasteiger partial charge in [-0.25, -0.2) is 4.39 Å². The smallest absolute Gasteiger partial charge is 0.327 e. The second-order valence-corrected chi connectivity index (χ2v) is 7.80. The minimum Gasteiger partial charge on any atom is -0.465 e. The van der Waals surface area contributed by atoms with Gasteiger partial charge in [-0.3, -0.25) is 24.6 Å². The molecule has 8 heteroatoms. The van der Waals surface area contributed by atoms with Crippen molar-refractivity contribution in [1.82, 2.24) is 10.2 Å². The van der Waals surface area contributed by atoms with E-state index in [1.54, 1.807) is 25.1 Å². The Labute approximate surface area is 161 Å². The van der Waals surface area contributed by atoms with Gasteiger partial charge in [0.05, 0.1) is 18.4 Å². The van der Waals surface area contributed by atoms with E-state index in [-0.39, 0.29) is 12.2 Å². The predicted molar refractivity (Wildman–Crippen MR) is 99.4 cm³/mol. The van der Waals surface area contributed by atoms with Crippen LogP contribution in [-0.2, 0) is 19.1 Å². The first-order valence-corrected chi connectivity index (χ1v) is 10.3. The van der Waals surface area contributed by atoms with Crippen molar-refractivity contribution in [3.8, 4) is 0 Å². The second-order valence-electron chi connectivity index (χ2n) is 6.82. The molecule has 2 amide bonds. The van der Waals surface area contributed by atoms with E-state index >= 15 is 0 Å². The molecule has 0 bridgehead atoms. The zero-order valence-electron chi connectivity index (χ0n) is 15.5. The van der Waals surface area contributed by atoms with Crippen molar-refractivity contribution in [2.45, 2.75) is 24.9 Å².